The van der Waals surface area contributed by atoms with Gasteiger partial charge in [-0.15, -0.1) is 0 Å². The molecule has 0 unspecified atom stereocenters. The van der Waals surface area contributed by atoms with E-state index in [0.29, 0.717) is 44.5 Å². The van der Waals surface area contributed by atoms with Crippen LogP contribution in [0.4, 0.5) is 0 Å². The van der Waals surface area contributed by atoms with Crippen molar-refractivity contribution in [1.82, 2.24) is 9.55 Å². The molecule has 0 radical (unpaired) electrons. The Morgan fingerprint density at radius 3 is 2.41 bits per heavy atom. The summed E-state index contributed by atoms with van der Waals surface area (Å²) in [6, 6.07) is 12.7. The van der Waals surface area contributed by atoms with E-state index in [1.165, 1.54) is 11.1 Å². The van der Waals surface area contributed by atoms with Crippen LogP contribution in [0.15, 0.2) is 72.8 Å². The lowest BCUT2D eigenvalue weighted by atomic mass is 9.63. The highest BCUT2D eigenvalue weighted by molar-refractivity contribution is 6.09. The lowest BCUT2D eigenvalue weighted by Crippen LogP contribution is -2.33. The van der Waals surface area contributed by atoms with Crippen LogP contribution >= 0.6 is 0 Å². The van der Waals surface area contributed by atoms with Crippen LogP contribution in [0.3, 0.4) is 0 Å². The van der Waals surface area contributed by atoms with Crippen LogP contribution in [0.25, 0.3) is 38.8 Å². The fraction of sp³-hybridized carbons (Fsp3) is 0.361. The Morgan fingerprint density at radius 1 is 0.923 bits per heavy atom. The molecular formula is C36H40N2O. The molecule has 200 valence electrons. The highest BCUT2D eigenvalue weighted by atomic mass is 16.5. The second-order valence-electron chi connectivity index (χ2n) is 12.4. The number of hydrogen-bond acceptors (Lipinski definition) is 2. The number of rotatable bonds is 5. The van der Waals surface area contributed by atoms with Crippen LogP contribution in [0.5, 0.6) is 5.75 Å². The number of methoxy groups -OCH3 is 1. The maximum atomic E-state index is 9.28. The third-order valence-electron chi connectivity index (χ3n) is 8.33. The Kier molecular flexibility index (Phi) is 4.62. The fourth-order valence-electron chi connectivity index (χ4n) is 6.05. The molecular weight excluding hydrogens is 476 g/mol. The molecule has 0 N–H and O–H groups in total. The molecule has 3 heteroatoms. The molecule has 2 heterocycles. The molecule has 0 saturated carbocycles. The van der Waals surface area contributed by atoms with E-state index in [1.54, 1.807) is 42.1 Å². The molecule has 1 aliphatic carbocycles. The van der Waals surface area contributed by atoms with Gasteiger partial charge in [0.05, 0.1) is 23.6 Å². The van der Waals surface area contributed by atoms with Crippen molar-refractivity contribution in [3.63, 3.8) is 0 Å². The summed E-state index contributed by atoms with van der Waals surface area (Å²) in [7, 11) is 1.56. The monoisotopic (exact) mass is 522 g/mol. The first-order valence-corrected chi connectivity index (χ1v) is 13.8. The van der Waals surface area contributed by atoms with Crippen molar-refractivity contribution in [2.75, 3.05) is 7.11 Å². The average molecular weight is 523 g/mol. The first-order chi connectivity index (χ1) is 21.0. The Hall–Kier alpha value is -3.59. The van der Waals surface area contributed by atoms with Crippen LogP contribution in [0.2, 0.25) is 0 Å². The van der Waals surface area contributed by atoms with E-state index in [1.807, 2.05) is 13.8 Å². The number of aromatic nitrogens is 2. The molecule has 0 aliphatic heterocycles. The number of ether oxygens (including phenoxy) is 1. The van der Waals surface area contributed by atoms with E-state index in [9.17, 15) is 2.74 Å². The van der Waals surface area contributed by atoms with Gasteiger partial charge in [-0.2, -0.15) is 0 Å². The quantitative estimate of drug-likeness (QED) is 0.230. The van der Waals surface area contributed by atoms with Crippen LogP contribution in [-0.4, -0.2) is 16.7 Å². The summed E-state index contributed by atoms with van der Waals surface area (Å²) >= 11 is 0. The van der Waals surface area contributed by atoms with Crippen molar-refractivity contribution in [2.45, 2.75) is 71.6 Å². The number of fused-ring (bicyclic) bond motifs is 4. The van der Waals surface area contributed by atoms with Crippen molar-refractivity contribution >= 4 is 21.8 Å². The van der Waals surface area contributed by atoms with Gasteiger partial charge in [-0.05, 0) is 82.5 Å². The zero-order valence-corrected chi connectivity index (χ0v) is 23.9. The van der Waals surface area contributed by atoms with E-state index < -0.39 is 6.37 Å². The molecule has 3 aromatic carbocycles. The lowest BCUT2D eigenvalue weighted by molar-refractivity contribution is 0.332. The lowest BCUT2D eigenvalue weighted by Gasteiger charge is -2.42. The predicted molar refractivity (Wildman–Crippen MR) is 164 cm³/mol. The standard InChI is InChI=1S/C36H40N2O/c1-23(2)18-25-20-34(38-32-11-9-8-10-27(32)28-14-13-26(39-7)21-33(28)38)37-22-29(25)24-12-15-30-31(19-24)36(5,6)17-16-35(30,3)4/h8-15,19-23H,16-18H2,1-7H3/i8D,9D,10D,11D,18D2. The third-order valence-corrected chi connectivity index (χ3v) is 8.33. The van der Waals surface area contributed by atoms with Crippen LogP contribution in [0.1, 0.15) is 79.3 Å². The number of benzene rings is 3. The number of nitrogens with zero attached hydrogens (tertiary/aromatic N) is 2. The Balaban J connectivity index is 1.68. The minimum absolute atomic E-state index is 0.0172. The molecule has 0 amide bonds. The smallest absolute Gasteiger partial charge is 0.137 e. The molecule has 6 rings (SSSR count). The topological polar surface area (TPSA) is 27.1 Å². The largest absolute Gasteiger partial charge is 0.497 e. The summed E-state index contributed by atoms with van der Waals surface area (Å²) in [5.74, 6) is 0.585. The highest BCUT2D eigenvalue weighted by Gasteiger charge is 2.37. The summed E-state index contributed by atoms with van der Waals surface area (Å²) in [4.78, 5) is 4.89. The van der Waals surface area contributed by atoms with Crippen molar-refractivity contribution in [2.24, 2.45) is 5.92 Å². The molecule has 1 aliphatic rings. The molecule has 2 aromatic heterocycles. The second-order valence-corrected chi connectivity index (χ2v) is 12.4. The van der Waals surface area contributed by atoms with Gasteiger partial charge in [-0.3, -0.25) is 4.57 Å². The molecule has 0 spiro atoms. The van der Waals surface area contributed by atoms with Gasteiger partial charge in [0.15, 0.2) is 0 Å². The predicted octanol–water partition coefficient (Wildman–Crippen LogP) is 9.40. The SMILES string of the molecule is [2H]c1c([2H])c([2H])c2c(c1[2H])c1ccc(OC)cc1n2-c1cc(C([2H])([2H])C(C)C)c(-c2ccc3c(c2)C(C)(C)CCC3(C)C)cn1. The van der Waals surface area contributed by atoms with Gasteiger partial charge in [0, 0.05) is 31.3 Å². The number of pyridine rings is 1. The highest BCUT2D eigenvalue weighted by Crippen LogP contribution is 2.47. The van der Waals surface area contributed by atoms with Gasteiger partial charge in [-0.25, -0.2) is 4.98 Å². The fourth-order valence-corrected chi connectivity index (χ4v) is 6.05. The zero-order valence-electron chi connectivity index (χ0n) is 29.9. The first-order valence-electron chi connectivity index (χ1n) is 16.8. The second kappa shape index (κ2) is 9.26. The summed E-state index contributed by atoms with van der Waals surface area (Å²) in [6.45, 7) is 12.9. The normalized spacial score (nSPS) is 18.7. The summed E-state index contributed by atoms with van der Waals surface area (Å²) in [5, 5.41) is 1.02. The van der Waals surface area contributed by atoms with Gasteiger partial charge in [0.2, 0.25) is 0 Å². The maximum absolute atomic E-state index is 9.28. The van der Waals surface area contributed by atoms with Gasteiger partial charge in [-0.1, -0.05) is 77.9 Å². The molecule has 0 fully saturated rings. The van der Waals surface area contributed by atoms with Gasteiger partial charge in [0.1, 0.15) is 11.6 Å². The summed E-state index contributed by atoms with van der Waals surface area (Å²) in [6.07, 6.45) is 2.16. The number of hydrogen-bond donors (Lipinski definition) is 0. The van der Waals surface area contributed by atoms with Crippen molar-refractivity contribution in [3.8, 4) is 22.7 Å². The van der Waals surface area contributed by atoms with Crippen LogP contribution < -0.4 is 4.74 Å². The van der Waals surface area contributed by atoms with Gasteiger partial charge in [0.25, 0.3) is 0 Å². The van der Waals surface area contributed by atoms with Gasteiger partial charge >= 0.3 is 0 Å². The minimum Gasteiger partial charge on any atom is -0.497 e. The van der Waals surface area contributed by atoms with Crippen molar-refractivity contribution in [3.05, 3.63) is 89.5 Å². The minimum atomic E-state index is -1.73. The molecule has 0 saturated heterocycles. The van der Waals surface area contributed by atoms with Crippen LogP contribution in [-0.2, 0) is 17.2 Å². The Morgan fingerprint density at radius 2 is 1.67 bits per heavy atom. The van der Waals surface area contributed by atoms with E-state index >= 15 is 0 Å². The average Bonchev–Trinajstić information content (AvgIpc) is 3.35. The van der Waals surface area contributed by atoms with Gasteiger partial charge < -0.3 is 4.74 Å². The van der Waals surface area contributed by atoms with Crippen LogP contribution in [0, 0.1) is 5.92 Å². The van der Waals surface area contributed by atoms with Crippen molar-refractivity contribution in [1.29, 1.82) is 0 Å². The van der Waals surface area contributed by atoms with E-state index in [-0.39, 0.29) is 40.9 Å². The summed E-state index contributed by atoms with van der Waals surface area (Å²) in [5.41, 5.74) is 5.63. The first kappa shape index (κ1) is 19.5. The molecule has 5 aromatic rings. The van der Waals surface area contributed by atoms with E-state index in [0.717, 1.165) is 18.4 Å². The molecule has 3 nitrogen and oxygen atoms in total. The summed E-state index contributed by atoms with van der Waals surface area (Å²) < 4.78 is 60.2. The molecule has 0 bridgehead atoms. The Labute approximate surface area is 241 Å². The van der Waals surface area contributed by atoms with E-state index in [4.69, 9.17) is 15.2 Å². The number of para-hydroxylation sites is 1. The molecule has 0 atom stereocenters. The Bertz CT molecular complexity index is 2010. The third kappa shape index (κ3) is 4.33. The zero-order chi connectivity index (χ0) is 32.8. The maximum Gasteiger partial charge on any atom is 0.137 e. The van der Waals surface area contributed by atoms with E-state index in [2.05, 4.69) is 45.9 Å². The van der Waals surface area contributed by atoms with Crippen molar-refractivity contribution < 1.29 is 13.0 Å². The molecule has 39 heavy (non-hydrogen) atoms.